The molecule has 0 radical (unpaired) electrons. The van der Waals surface area contributed by atoms with Crippen molar-refractivity contribution >= 4 is 17.3 Å². The van der Waals surface area contributed by atoms with E-state index in [0.29, 0.717) is 16.9 Å². The number of hydrogen-bond donors (Lipinski definition) is 2. The number of aryl methyl sites for hydroxylation is 2. The van der Waals surface area contributed by atoms with E-state index in [1.54, 1.807) is 12.1 Å². The third-order valence-electron chi connectivity index (χ3n) is 3.24. The summed E-state index contributed by atoms with van der Waals surface area (Å²) in [5, 5.41) is 2.75. The summed E-state index contributed by atoms with van der Waals surface area (Å²) >= 11 is 0. The maximum absolute atomic E-state index is 13.1. The number of amides is 1. The molecule has 21 heavy (non-hydrogen) atoms. The fourth-order valence-corrected chi connectivity index (χ4v) is 2.00. The molecule has 1 amide bonds. The van der Waals surface area contributed by atoms with Crippen LogP contribution in [0.1, 0.15) is 16.7 Å². The smallest absolute Gasteiger partial charge is 0.228 e. The highest BCUT2D eigenvalue weighted by Gasteiger charge is 2.09. The van der Waals surface area contributed by atoms with Gasteiger partial charge in [-0.2, -0.15) is 0 Å². The Morgan fingerprint density at radius 3 is 2.48 bits per heavy atom. The van der Waals surface area contributed by atoms with Crippen LogP contribution in [0.4, 0.5) is 20.2 Å². The molecule has 0 saturated heterocycles. The van der Waals surface area contributed by atoms with Crippen LogP contribution >= 0.6 is 0 Å². The van der Waals surface area contributed by atoms with E-state index in [0.717, 1.165) is 23.3 Å². The molecular weight excluding hydrogens is 274 g/mol. The van der Waals surface area contributed by atoms with Gasteiger partial charge in [-0.15, -0.1) is 0 Å². The number of rotatable bonds is 3. The van der Waals surface area contributed by atoms with E-state index < -0.39 is 11.6 Å². The zero-order valence-corrected chi connectivity index (χ0v) is 11.8. The van der Waals surface area contributed by atoms with Gasteiger partial charge in [0.15, 0.2) is 11.6 Å². The number of nitrogen functional groups attached to an aromatic ring is 1. The average Bonchev–Trinajstić information content (AvgIpc) is 2.40. The molecule has 0 aliphatic heterocycles. The van der Waals surface area contributed by atoms with Gasteiger partial charge in [0.1, 0.15) is 0 Å². The maximum atomic E-state index is 13.1. The van der Waals surface area contributed by atoms with Crippen LogP contribution in [-0.2, 0) is 11.2 Å². The molecular formula is C16H16F2N2O. The Balaban J connectivity index is 2.11. The minimum atomic E-state index is -0.959. The van der Waals surface area contributed by atoms with Gasteiger partial charge in [-0.1, -0.05) is 6.07 Å². The van der Waals surface area contributed by atoms with Crippen molar-refractivity contribution in [1.82, 2.24) is 0 Å². The van der Waals surface area contributed by atoms with E-state index in [4.69, 9.17) is 5.73 Å². The topological polar surface area (TPSA) is 55.1 Å². The number of nitrogens with two attached hydrogens (primary N) is 1. The Bertz CT molecular complexity index is 699. The molecule has 0 aliphatic rings. The molecule has 0 fully saturated rings. The van der Waals surface area contributed by atoms with Crippen LogP contribution < -0.4 is 11.1 Å². The van der Waals surface area contributed by atoms with Gasteiger partial charge < -0.3 is 11.1 Å². The highest BCUT2D eigenvalue weighted by atomic mass is 19.2. The quantitative estimate of drug-likeness (QED) is 0.852. The predicted octanol–water partition coefficient (Wildman–Crippen LogP) is 3.35. The molecule has 2 aromatic carbocycles. The minimum Gasteiger partial charge on any atom is -0.399 e. The van der Waals surface area contributed by atoms with Gasteiger partial charge in [-0.05, 0) is 54.8 Å². The number of carbonyl (C=O) groups excluding carboxylic acids is 1. The molecule has 3 nitrogen and oxygen atoms in total. The van der Waals surface area contributed by atoms with Gasteiger partial charge >= 0.3 is 0 Å². The van der Waals surface area contributed by atoms with Crippen molar-refractivity contribution in [2.45, 2.75) is 20.3 Å². The van der Waals surface area contributed by atoms with Crippen LogP contribution in [0.25, 0.3) is 0 Å². The van der Waals surface area contributed by atoms with Crippen LogP contribution in [0, 0.1) is 25.5 Å². The normalized spacial score (nSPS) is 10.5. The largest absolute Gasteiger partial charge is 0.399 e. The first-order chi connectivity index (χ1) is 9.86. The second kappa shape index (κ2) is 5.91. The predicted molar refractivity (Wildman–Crippen MR) is 79.0 cm³/mol. The number of hydrogen-bond acceptors (Lipinski definition) is 2. The van der Waals surface area contributed by atoms with Gasteiger partial charge in [-0.25, -0.2) is 8.78 Å². The van der Waals surface area contributed by atoms with Crippen molar-refractivity contribution in [3.8, 4) is 0 Å². The van der Waals surface area contributed by atoms with Gasteiger partial charge in [0, 0.05) is 11.4 Å². The summed E-state index contributed by atoms with van der Waals surface area (Å²) in [4.78, 5) is 12.0. The van der Waals surface area contributed by atoms with Crippen molar-refractivity contribution in [3.63, 3.8) is 0 Å². The fourth-order valence-electron chi connectivity index (χ4n) is 2.00. The summed E-state index contributed by atoms with van der Waals surface area (Å²) in [6.07, 6.45) is -0.0277. The third-order valence-corrected chi connectivity index (χ3v) is 3.24. The molecule has 0 aromatic heterocycles. The fraction of sp³-hybridized carbons (Fsp3) is 0.188. The minimum absolute atomic E-state index is 0.0277. The molecule has 0 aliphatic carbocycles. The Labute approximate surface area is 121 Å². The maximum Gasteiger partial charge on any atom is 0.228 e. The van der Waals surface area contributed by atoms with Crippen LogP contribution in [-0.4, -0.2) is 5.91 Å². The molecule has 0 heterocycles. The first-order valence-electron chi connectivity index (χ1n) is 6.47. The standard InChI is InChI=1S/C16H16F2N2O/c1-9-6-15(10(2)5-14(9)19)20-16(21)8-11-3-4-12(17)13(18)7-11/h3-7H,8,19H2,1-2H3,(H,20,21). The van der Waals surface area contributed by atoms with E-state index in [-0.39, 0.29) is 12.3 Å². The summed E-state index contributed by atoms with van der Waals surface area (Å²) in [5.41, 5.74) is 9.23. The first-order valence-corrected chi connectivity index (χ1v) is 6.47. The summed E-state index contributed by atoms with van der Waals surface area (Å²) in [6, 6.07) is 6.99. The lowest BCUT2D eigenvalue weighted by atomic mass is 10.1. The van der Waals surface area contributed by atoms with E-state index in [9.17, 15) is 13.6 Å². The highest BCUT2D eigenvalue weighted by molar-refractivity contribution is 5.93. The van der Waals surface area contributed by atoms with E-state index in [2.05, 4.69) is 5.32 Å². The lowest BCUT2D eigenvalue weighted by Gasteiger charge is -2.11. The first kappa shape index (κ1) is 15.0. The van der Waals surface area contributed by atoms with Crippen LogP contribution in [0.2, 0.25) is 0 Å². The summed E-state index contributed by atoms with van der Waals surface area (Å²) < 4.78 is 25.9. The lowest BCUT2D eigenvalue weighted by molar-refractivity contribution is -0.115. The highest BCUT2D eigenvalue weighted by Crippen LogP contribution is 2.22. The second-order valence-electron chi connectivity index (χ2n) is 5.00. The molecule has 0 spiro atoms. The van der Waals surface area contributed by atoms with E-state index >= 15 is 0 Å². The van der Waals surface area contributed by atoms with Crippen molar-refractivity contribution in [2.24, 2.45) is 0 Å². The number of carbonyl (C=O) groups is 1. The van der Waals surface area contributed by atoms with Crippen molar-refractivity contribution in [3.05, 3.63) is 58.7 Å². The van der Waals surface area contributed by atoms with Crippen molar-refractivity contribution < 1.29 is 13.6 Å². The zero-order chi connectivity index (χ0) is 15.6. The molecule has 0 atom stereocenters. The molecule has 0 bridgehead atoms. The summed E-state index contributed by atoms with van der Waals surface area (Å²) in [6.45, 7) is 3.68. The molecule has 2 aromatic rings. The average molecular weight is 290 g/mol. The lowest BCUT2D eigenvalue weighted by Crippen LogP contribution is -2.15. The van der Waals surface area contributed by atoms with Gasteiger partial charge in [-0.3, -0.25) is 4.79 Å². The Hall–Kier alpha value is -2.43. The third kappa shape index (κ3) is 3.56. The molecule has 5 heteroatoms. The zero-order valence-electron chi connectivity index (χ0n) is 11.8. The van der Waals surface area contributed by atoms with Crippen LogP contribution in [0.15, 0.2) is 30.3 Å². The van der Waals surface area contributed by atoms with Gasteiger partial charge in [0.05, 0.1) is 6.42 Å². The van der Waals surface area contributed by atoms with E-state index in [1.165, 1.54) is 6.07 Å². The van der Waals surface area contributed by atoms with E-state index in [1.807, 2.05) is 13.8 Å². The van der Waals surface area contributed by atoms with Gasteiger partial charge in [0.25, 0.3) is 0 Å². The van der Waals surface area contributed by atoms with Crippen molar-refractivity contribution in [1.29, 1.82) is 0 Å². The molecule has 0 saturated carbocycles. The molecule has 2 rings (SSSR count). The number of benzene rings is 2. The Morgan fingerprint density at radius 1 is 1.10 bits per heavy atom. The monoisotopic (exact) mass is 290 g/mol. The second-order valence-corrected chi connectivity index (χ2v) is 5.00. The van der Waals surface area contributed by atoms with Crippen molar-refractivity contribution in [2.75, 3.05) is 11.1 Å². The number of halogens is 2. The van der Waals surface area contributed by atoms with Gasteiger partial charge in [0.2, 0.25) is 5.91 Å². The summed E-state index contributed by atoms with van der Waals surface area (Å²) in [5.74, 6) is -2.18. The Morgan fingerprint density at radius 2 is 1.81 bits per heavy atom. The SMILES string of the molecule is Cc1cc(NC(=O)Cc2ccc(F)c(F)c2)c(C)cc1N. The number of nitrogens with one attached hydrogen (secondary N) is 1. The molecule has 3 N–H and O–H groups in total. The number of anilines is 2. The molecule has 110 valence electrons. The molecule has 0 unspecified atom stereocenters. The Kier molecular flexibility index (Phi) is 4.21. The summed E-state index contributed by atoms with van der Waals surface area (Å²) in [7, 11) is 0. The van der Waals surface area contributed by atoms with Crippen LogP contribution in [0.3, 0.4) is 0 Å². The van der Waals surface area contributed by atoms with Crippen LogP contribution in [0.5, 0.6) is 0 Å².